The lowest BCUT2D eigenvalue weighted by Gasteiger charge is -2.11. The Balaban J connectivity index is 1.89. The molecule has 0 atom stereocenters. The second-order valence-electron chi connectivity index (χ2n) is 4.56. The fourth-order valence-corrected chi connectivity index (χ4v) is 2.14. The van der Waals surface area contributed by atoms with Crippen molar-refractivity contribution in [1.29, 1.82) is 0 Å². The van der Waals surface area contributed by atoms with Crippen molar-refractivity contribution in [1.82, 2.24) is 4.98 Å². The number of methoxy groups -OCH3 is 1. The van der Waals surface area contributed by atoms with Gasteiger partial charge in [0.1, 0.15) is 17.0 Å². The molecular weight excluding hydrogens is 335 g/mol. The van der Waals surface area contributed by atoms with E-state index in [4.69, 9.17) is 25.5 Å². The molecule has 0 radical (unpaired) electrons. The largest absolute Gasteiger partial charge is 0.456 e. The van der Waals surface area contributed by atoms with Crippen LogP contribution in [0.2, 0.25) is 5.02 Å². The second kappa shape index (κ2) is 5.66. The number of halogens is 4. The van der Waals surface area contributed by atoms with E-state index in [9.17, 15) is 13.2 Å². The van der Waals surface area contributed by atoms with E-state index in [1.807, 2.05) is 0 Å². The minimum Gasteiger partial charge on any atom is -0.456 e. The van der Waals surface area contributed by atoms with Crippen LogP contribution in [0.5, 0.6) is 17.6 Å². The number of oxazole rings is 1. The number of ether oxygens (including phenoxy) is 2. The summed E-state index contributed by atoms with van der Waals surface area (Å²) < 4.78 is 53.5. The monoisotopic (exact) mass is 343 g/mol. The molecule has 23 heavy (non-hydrogen) atoms. The highest BCUT2D eigenvalue weighted by molar-refractivity contribution is 6.32. The number of aromatic nitrogens is 1. The van der Waals surface area contributed by atoms with E-state index >= 15 is 0 Å². The van der Waals surface area contributed by atoms with E-state index in [2.05, 4.69) is 4.98 Å². The lowest BCUT2D eigenvalue weighted by atomic mass is 10.2. The number of fused-ring (bicyclic) bond motifs is 1. The van der Waals surface area contributed by atoms with Gasteiger partial charge in [-0.25, -0.2) is 0 Å². The van der Waals surface area contributed by atoms with Gasteiger partial charge >= 0.3 is 12.3 Å². The number of alkyl halides is 3. The average molecular weight is 344 g/mol. The summed E-state index contributed by atoms with van der Waals surface area (Å²) in [5, 5.41) is -0.143. The summed E-state index contributed by atoms with van der Waals surface area (Å²) in [6.07, 6.45) is -4.36. The molecular formula is C15H9ClF3NO3. The maximum atomic E-state index is 12.6. The lowest BCUT2D eigenvalue weighted by Crippen LogP contribution is -2.04. The maximum Gasteiger partial charge on any atom is 0.416 e. The predicted molar refractivity (Wildman–Crippen MR) is 77.1 cm³/mol. The number of nitrogens with zero attached hydrogens (tertiary/aromatic N) is 1. The zero-order chi connectivity index (χ0) is 16.6. The van der Waals surface area contributed by atoms with Crippen LogP contribution in [0, 0.1) is 0 Å². The highest BCUT2D eigenvalue weighted by atomic mass is 35.5. The second-order valence-corrected chi connectivity index (χ2v) is 4.97. The van der Waals surface area contributed by atoms with Gasteiger partial charge in [-0.3, -0.25) is 0 Å². The van der Waals surface area contributed by atoms with Crippen LogP contribution in [0.3, 0.4) is 0 Å². The van der Waals surface area contributed by atoms with Gasteiger partial charge in [0.15, 0.2) is 5.58 Å². The molecule has 3 aromatic rings. The lowest BCUT2D eigenvalue weighted by molar-refractivity contribution is -0.137. The molecule has 1 aromatic heterocycles. The first-order chi connectivity index (χ1) is 10.9. The molecule has 0 saturated heterocycles. The molecule has 0 aliphatic carbocycles. The Bertz CT molecular complexity index is 861. The van der Waals surface area contributed by atoms with Crippen LogP contribution in [0.25, 0.3) is 11.1 Å². The molecule has 3 rings (SSSR count). The Morgan fingerprint density at radius 2 is 1.91 bits per heavy atom. The van der Waals surface area contributed by atoms with Gasteiger partial charge in [0.25, 0.3) is 0 Å². The van der Waals surface area contributed by atoms with Gasteiger partial charge in [0.2, 0.25) is 0 Å². The number of hydrogen-bond acceptors (Lipinski definition) is 4. The van der Waals surface area contributed by atoms with E-state index < -0.39 is 11.7 Å². The van der Waals surface area contributed by atoms with Crippen molar-refractivity contribution in [2.75, 3.05) is 7.11 Å². The molecule has 0 aliphatic rings. The quantitative estimate of drug-likeness (QED) is 0.647. The third-order valence-electron chi connectivity index (χ3n) is 3.00. The van der Waals surface area contributed by atoms with Crippen molar-refractivity contribution in [2.24, 2.45) is 0 Å². The van der Waals surface area contributed by atoms with Gasteiger partial charge < -0.3 is 13.9 Å². The third kappa shape index (κ3) is 3.19. The van der Waals surface area contributed by atoms with Gasteiger partial charge in [-0.1, -0.05) is 11.6 Å². The summed E-state index contributed by atoms with van der Waals surface area (Å²) in [5.74, 6) is 0.448. The zero-order valence-corrected chi connectivity index (χ0v) is 12.4. The standard InChI is InChI=1S/C15H9ClF3NO3/c1-21-14-20-11-4-3-9(7-13(11)23-14)22-12-5-2-8(6-10(12)16)15(17,18)19/h2-7H,1H3. The number of rotatable bonds is 3. The van der Waals surface area contributed by atoms with Crippen LogP contribution in [0.15, 0.2) is 40.8 Å². The van der Waals surface area contributed by atoms with Gasteiger partial charge in [0, 0.05) is 6.07 Å². The molecule has 0 aliphatic heterocycles. The fraction of sp³-hybridized carbons (Fsp3) is 0.133. The molecule has 120 valence electrons. The highest BCUT2D eigenvalue weighted by Crippen LogP contribution is 2.37. The molecule has 4 nitrogen and oxygen atoms in total. The number of hydrogen-bond donors (Lipinski definition) is 0. The van der Waals surface area contributed by atoms with Crippen molar-refractivity contribution >= 4 is 22.7 Å². The zero-order valence-electron chi connectivity index (χ0n) is 11.6. The molecule has 0 unspecified atom stereocenters. The fourth-order valence-electron chi connectivity index (χ4n) is 1.92. The maximum absolute atomic E-state index is 12.6. The Morgan fingerprint density at radius 1 is 1.13 bits per heavy atom. The molecule has 8 heteroatoms. The first-order valence-electron chi connectivity index (χ1n) is 6.36. The van der Waals surface area contributed by atoms with Gasteiger partial charge in [-0.15, -0.1) is 0 Å². The third-order valence-corrected chi connectivity index (χ3v) is 3.30. The van der Waals surface area contributed by atoms with Crippen molar-refractivity contribution < 1.29 is 27.1 Å². The summed E-state index contributed by atoms with van der Waals surface area (Å²) in [7, 11) is 1.42. The van der Waals surface area contributed by atoms with Crippen LogP contribution >= 0.6 is 11.6 Å². The van der Waals surface area contributed by atoms with E-state index in [-0.39, 0.29) is 16.8 Å². The minimum atomic E-state index is -4.46. The smallest absolute Gasteiger partial charge is 0.416 e. The van der Waals surface area contributed by atoms with Crippen LogP contribution in [-0.4, -0.2) is 12.1 Å². The number of benzene rings is 2. The van der Waals surface area contributed by atoms with Crippen LogP contribution in [0.4, 0.5) is 13.2 Å². The summed E-state index contributed by atoms with van der Waals surface area (Å²) >= 11 is 5.85. The van der Waals surface area contributed by atoms with Gasteiger partial charge in [-0.05, 0) is 30.3 Å². The molecule has 0 amide bonds. The van der Waals surface area contributed by atoms with Crippen molar-refractivity contribution in [3.05, 3.63) is 47.0 Å². The van der Waals surface area contributed by atoms with Crippen molar-refractivity contribution in [3.63, 3.8) is 0 Å². The molecule has 2 aromatic carbocycles. The molecule has 0 fully saturated rings. The SMILES string of the molecule is COc1nc2ccc(Oc3ccc(C(F)(F)F)cc3Cl)cc2o1. The van der Waals surface area contributed by atoms with Crippen molar-refractivity contribution in [2.45, 2.75) is 6.18 Å². The Morgan fingerprint density at radius 3 is 2.57 bits per heavy atom. The van der Waals surface area contributed by atoms with Crippen LogP contribution < -0.4 is 9.47 Å². The van der Waals surface area contributed by atoms with Crippen LogP contribution in [0.1, 0.15) is 5.56 Å². The molecule has 0 saturated carbocycles. The topological polar surface area (TPSA) is 44.5 Å². The summed E-state index contributed by atoms with van der Waals surface area (Å²) in [6, 6.07) is 7.65. The summed E-state index contributed by atoms with van der Waals surface area (Å²) in [6.45, 7) is 0. The van der Waals surface area contributed by atoms with E-state index in [1.54, 1.807) is 18.2 Å². The minimum absolute atomic E-state index is 0.102. The van der Waals surface area contributed by atoms with E-state index in [1.165, 1.54) is 7.11 Å². The van der Waals surface area contributed by atoms with E-state index in [0.29, 0.717) is 16.8 Å². The van der Waals surface area contributed by atoms with Gasteiger partial charge in [0.05, 0.1) is 17.7 Å². The average Bonchev–Trinajstić information content (AvgIpc) is 2.90. The molecule has 1 heterocycles. The van der Waals surface area contributed by atoms with Crippen molar-refractivity contribution in [3.8, 4) is 17.6 Å². The molecule has 0 N–H and O–H groups in total. The first kappa shape index (κ1) is 15.5. The molecule has 0 bridgehead atoms. The van der Waals surface area contributed by atoms with Gasteiger partial charge in [-0.2, -0.15) is 18.2 Å². The Hall–Kier alpha value is -2.41. The highest BCUT2D eigenvalue weighted by Gasteiger charge is 2.31. The first-order valence-corrected chi connectivity index (χ1v) is 6.74. The summed E-state index contributed by atoms with van der Waals surface area (Å²) in [4.78, 5) is 4.04. The van der Waals surface area contributed by atoms with E-state index in [0.717, 1.165) is 18.2 Å². The van der Waals surface area contributed by atoms with Crippen LogP contribution in [-0.2, 0) is 6.18 Å². The Labute approximate surface area is 133 Å². The normalized spacial score (nSPS) is 11.7. The summed E-state index contributed by atoms with van der Waals surface area (Å²) in [5.41, 5.74) is 0.139. The predicted octanol–water partition coefficient (Wildman–Crippen LogP) is 5.30. The molecule has 0 spiro atoms. The Kier molecular flexibility index (Phi) is 3.81.